The maximum Gasteiger partial charge on any atom is 0.0700 e. The van der Waals surface area contributed by atoms with Gasteiger partial charge in [-0.3, -0.25) is 0 Å². The minimum atomic E-state index is -0.332. The van der Waals surface area contributed by atoms with Gasteiger partial charge >= 0.3 is 0 Å². The van der Waals surface area contributed by atoms with Gasteiger partial charge in [-0.2, -0.15) is 0 Å². The topological polar surface area (TPSA) is 35.5 Å². The van der Waals surface area contributed by atoms with Crippen LogP contribution in [0.1, 0.15) is 59.3 Å². The maximum absolute atomic E-state index is 10.7. The molecule has 118 valence electrons. The number of fused-ring (bicyclic) bond motifs is 1. The molecule has 3 atom stereocenters. The summed E-state index contributed by atoms with van der Waals surface area (Å²) in [6.07, 6.45) is 6.97. The first-order valence-electron chi connectivity index (χ1n) is 8.47. The van der Waals surface area contributed by atoms with Crippen LogP contribution in [0.3, 0.4) is 0 Å². The Labute approximate surface area is 125 Å². The van der Waals surface area contributed by atoms with Crippen LogP contribution in [0, 0.1) is 11.3 Å². The monoisotopic (exact) mass is 282 g/mol. The summed E-state index contributed by atoms with van der Waals surface area (Å²) >= 11 is 0. The third-order valence-corrected chi connectivity index (χ3v) is 5.64. The summed E-state index contributed by atoms with van der Waals surface area (Å²) in [5, 5.41) is 14.2. The zero-order chi connectivity index (χ0) is 14.8. The lowest BCUT2D eigenvalue weighted by atomic mass is 9.71. The molecule has 0 aromatic rings. The molecule has 0 radical (unpaired) electrons. The van der Waals surface area contributed by atoms with E-state index in [1.165, 1.54) is 25.7 Å². The molecule has 0 bridgehead atoms. The highest BCUT2D eigenvalue weighted by Gasteiger charge is 2.42. The summed E-state index contributed by atoms with van der Waals surface area (Å²) in [4.78, 5) is 2.58. The standard InChI is InChI=1S/C17H34N2O/c1-16(2,3)15(18-4)8-11-19-12-10-17(20)9-6-5-7-14(17)13-19/h14-15,18,20H,5-13H2,1-4H3. The molecule has 2 rings (SSSR count). The first kappa shape index (κ1) is 16.3. The first-order chi connectivity index (χ1) is 9.35. The van der Waals surface area contributed by atoms with E-state index in [2.05, 4.69) is 38.0 Å². The number of nitrogens with zero attached hydrogens (tertiary/aromatic N) is 1. The average molecular weight is 282 g/mol. The predicted octanol–water partition coefficient (Wildman–Crippen LogP) is 2.64. The summed E-state index contributed by atoms with van der Waals surface area (Å²) in [5.74, 6) is 0.521. The normalized spacial score (nSPS) is 33.8. The Hall–Kier alpha value is -0.120. The minimum Gasteiger partial charge on any atom is -0.390 e. The number of likely N-dealkylation sites (tertiary alicyclic amines) is 1. The third-order valence-electron chi connectivity index (χ3n) is 5.64. The van der Waals surface area contributed by atoms with Crippen LogP contribution in [-0.2, 0) is 0 Å². The van der Waals surface area contributed by atoms with Crippen molar-refractivity contribution in [3.05, 3.63) is 0 Å². The van der Waals surface area contributed by atoms with E-state index in [0.29, 0.717) is 17.4 Å². The Morgan fingerprint density at radius 3 is 2.70 bits per heavy atom. The summed E-state index contributed by atoms with van der Waals surface area (Å²) in [6, 6.07) is 0.565. The second kappa shape index (κ2) is 6.33. The SMILES string of the molecule is CNC(CCN1CCC2(O)CCCCC2C1)C(C)(C)C. The Kier molecular flexibility index (Phi) is 5.14. The zero-order valence-electron chi connectivity index (χ0n) is 13.9. The molecule has 2 fully saturated rings. The van der Waals surface area contributed by atoms with Crippen molar-refractivity contribution in [2.45, 2.75) is 70.9 Å². The van der Waals surface area contributed by atoms with Crippen LogP contribution in [0.5, 0.6) is 0 Å². The van der Waals surface area contributed by atoms with Crippen LogP contribution in [0.2, 0.25) is 0 Å². The molecule has 1 aliphatic carbocycles. The fraction of sp³-hybridized carbons (Fsp3) is 1.00. The van der Waals surface area contributed by atoms with Gasteiger partial charge in [0.1, 0.15) is 0 Å². The molecule has 0 amide bonds. The van der Waals surface area contributed by atoms with Gasteiger partial charge < -0.3 is 15.3 Å². The second-order valence-electron chi connectivity index (χ2n) is 8.09. The highest BCUT2D eigenvalue weighted by molar-refractivity contribution is 4.96. The van der Waals surface area contributed by atoms with Crippen LogP contribution in [-0.4, -0.2) is 48.3 Å². The van der Waals surface area contributed by atoms with Crippen LogP contribution in [0.25, 0.3) is 0 Å². The van der Waals surface area contributed by atoms with Gasteiger partial charge in [0.15, 0.2) is 0 Å². The second-order valence-corrected chi connectivity index (χ2v) is 8.09. The molecule has 1 aliphatic heterocycles. The molecule has 1 saturated heterocycles. The fourth-order valence-corrected chi connectivity index (χ4v) is 4.16. The van der Waals surface area contributed by atoms with Crippen molar-refractivity contribution in [3.8, 4) is 0 Å². The summed E-state index contributed by atoms with van der Waals surface area (Å²) < 4.78 is 0. The van der Waals surface area contributed by atoms with Gasteiger partial charge in [-0.1, -0.05) is 33.6 Å². The largest absolute Gasteiger partial charge is 0.390 e. The van der Waals surface area contributed by atoms with Gasteiger partial charge in [0, 0.05) is 25.0 Å². The Balaban J connectivity index is 1.83. The van der Waals surface area contributed by atoms with E-state index in [4.69, 9.17) is 0 Å². The molecular weight excluding hydrogens is 248 g/mol. The molecular formula is C17H34N2O. The van der Waals surface area contributed by atoms with E-state index in [-0.39, 0.29) is 5.60 Å². The van der Waals surface area contributed by atoms with E-state index in [9.17, 15) is 5.11 Å². The lowest BCUT2D eigenvalue weighted by Gasteiger charge is -2.48. The number of hydrogen-bond acceptors (Lipinski definition) is 3. The van der Waals surface area contributed by atoms with Crippen LogP contribution < -0.4 is 5.32 Å². The van der Waals surface area contributed by atoms with E-state index >= 15 is 0 Å². The maximum atomic E-state index is 10.7. The molecule has 1 saturated carbocycles. The molecule has 3 heteroatoms. The minimum absolute atomic E-state index is 0.316. The quantitative estimate of drug-likeness (QED) is 0.832. The Morgan fingerprint density at radius 2 is 2.05 bits per heavy atom. The van der Waals surface area contributed by atoms with Crippen molar-refractivity contribution in [2.24, 2.45) is 11.3 Å². The summed E-state index contributed by atoms with van der Waals surface area (Å²) in [7, 11) is 2.08. The molecule has 20 heavy (non-hydrogen) atoms. The van der Waals surface area contributed by atoms with Gasteiger partial charge in [0.05, 0.1) is 5.60 Å². The van der Waals surface area contributed by atoms with E-state index in [1.807, 2.05) is 0 Å². The Morgan fingerprint density at radius 1 is 1.30 bits per heavy atom. The number of rotatable bonds is 4. The number of piperidine rings is 1. The van der Waals surface area contributed by atoms with Gasteiger partial charge in [-0.25, -0.2) is 0 Å². The third kappa shape index (κ3) is 3.75. The molecule has 3 unspecified atom stereocenters. The highest BCUT2D eigenvalue weighted by Crippen LogP contribution is 2.39. The van der Waals surface area contributed by atoms with Crippen molar-refractivity contribution >= 4 is 0 Å². The van der Waals surface area contributed by atoms with E-state index in [0.717, 1.165) is 32.5 Å². The lowest BCUT2D eigenvalue weighted by Crippen LogP contribution is -2.54. The first-order valence-corrected chi connectivity index (χ1v) is 8.47. The van der Waals surface area contributed by atoms with Crippen LogP contribution in [0.4, 0.5) is 0 Å². The highest BCUT2D eigenvalue weighted by atomic mass is 16.3. The number of aliphatic hydroxyl groups is 1. The van der Waals surface area contributed by atoms with E-state index in [1.54, 1.807) is 0 Å². The fourth-order valence-electron chi connectivity index (χ4n) is 4.16. The zero-order valence-corrected chi connectivity index (χ0v) is 13.9. The smallest absolute Gasteiger partial charge is 0.0700 e. The van der Waals surface area contributed by atoms with Crippen molar-refractivity contribution in [1.82, 2.24) is 10.2 Å². The van der Waals surface area contributed by atoms with Crippen molar-refractivity contribution < 1.29 is 5.11 Å². The van der Waals surface area contributed by atoms with Gasteiger partial charge in [0.2, 0.25) is 0 Å². The van der Waals surface area contributed by atoms with Crippen molar-refractivity contribution in [1.29, 1.82) is 0 Å². The molecule has 0 aromatic carbocycles. The molecule has 2 N–H and O–H groups in total. The van der Waals surface area contributed by atoms with Gasteiger partial charge in [-0.05, 0) is 44.7 Å². The lowest BCUT2D eigenvalue weighted by molar-refractivity contribution is -0.0958. The molecule has 0 spiro atoms. The van der Waals surface area contributed by atoms with Gasteiger partial charge in [-0.15, -0.1) is 0 Å². The summed E-state index contributed by atoms with van der Waals surface area (Å²) in [6.45, 7) is 10.3. The van der Waals surface area contributed by atoms with Gasteiger partial charge in [0.25, 0.3) is 0 Å². The number of nitrogens with one attached hydrogen (secondary N) is 1. The van der Waals surface area contributed by atoms with Crippen LogP contribution in [0.15, 0.2) is 0 Å². The van der Waals surface area contributed by atoms with E-state index < -0.39 is 0 Å². The number of hydrogen-bond donors (Lipinski definition) is 2. The molecule has 2 aliphatic rings. The molecule has 0 aromatic heterocycles. The molecule has 3 nitrogen and oxygen atoms in total. The summed E-state index contributed by atoms with van der Waals surface area (Å²) in [5.41, 5.74) is -0.0166. The van der Waals surface area contributed by atoms with Crippen LogP contribution >= 0.6 is 0 Å². The molecule has 1 heterocycles. The van der Waals surface area contributed by atoms with Crippen molar-refractivity contribution in [2.75, 3.05) is 26.7 Å². The Bertz CT molecular complexity index is 313. The van der Waals surface area contributed by atoms with Crippen molar-refractivity contribution in [3.63, 3.8) is 0 Å². The predicted molar refractivity (Wildman–Crippen MR) is 84.9 cm³/mol. The average Bonchev–Trinajstić information content (AvgIpc) is 2.37.